The molecule has 0 radical (unpaired) electrons. The Morgan fingerprint density at radius 2 is 2.15 bits per heavy atom. The summed E-state index contributed by atoms with van der Waals surface area (Å²) < 4.78 is 5.42. The zero-order valence-corrected chi connectivity index (χ0v) is 13.0. The Morgan fingerprint density at radius 1 is 1.40 bits per heavy atom. The Morgan fingerprint density at radius 3 is 2.75 bits per heavy atom. The predicted octanol–water partition coefficient (Wildman–Crippen LogP) is 2.28. The van der Waals surface area contributed by atoms with Gasteiger partial charge in [-0.25, -0.2) is 0 Å². The van der Waals surface area contributed by atoms with E-state index in [4.69, 9.17) is 4.74 Å². The second kappa shape index (κ2) is 6.46. The molecule has 2 rings (SSSR count). The van der Waals surface area contributed by atoms with E-state index in [2.05, 4.69) is 29.8 Å². The van der Waals surface area contributed by atoms with Gasteiger partial charge >= 0.3 is 0 Å². The third-order valence-corrected chi connectivity index (χ3v) is 4.27. The fourth-order valence-electron chi connectivity index (χ4n) is 3.01. The highest BCUT2D eigenvalue weighted by molar-refractivity contribution is 5.60. The van der Waals surface area contributed by atoms with Crippen molar-refractivity contribution in [2.75, 3.05) is 38.7 Å². The SMILES string of the molecule is CCC1CN(c2cccc(OC)c2C(C)O)CCN1C. The van der Waals surface area contributed by atoms with Crippen LogP contribution < -0.4 is 9.64 Å². The third-order valence-electron chi connectivity index (χ3n) is 4.27. The number of anilines is 1. The van der Waals surface area contributed by atoms with Gasteiger partial charge in [0.05, 0.1) is 13.2 Å². The lowest BCUT2D eigenvalue weighted by molar-refractivity contribution is 0.191. The molecule has 0 bridgehead atoms. The normalized spacial score (nSPS) is 21.9. The van der Waals surface area contributed by atoms with Gasteiger partial charge in [0.25, 0.3) is 0 Å². The lowest BCUT2D eigenvalue weighted by atomic mass is 10.0. The first kappa shape index (κ1) is 15.1. The Balaban J connectivity index is 2.32. The highest BCUT2D eigenvalue weighted by Gasteiger charge is 2.26. The third kappa shape index (κ3) is 2.91. The number of piperazine rings is 1. The van der Waals surface area contributed by atoms with Crippen LogP contribution in [0.15, 0.2) is 18.2 Å². The van der Waals surface area contributed by atoms with Gasteiger partial charge in [0, 0.05) is 36.9 Å². The van der Waals surface area contributed by atoms with Gasteiger partial charge in [-0.15, -0.1) is 0 Å². The zero-order chi connectivity index (χ0) is 14.7. The molecule has 0 spiro atoms. The maximum absolute atomic E-state index is 10.1. The van der Waals surface area contributed by atoms with Crippen molar-refractivity contribution in [1.29, 1.82) is 0 Å². The number of methoxy groups -OCH3 is 1. The fraction of sp³-hybridized carbons (Fsp3) is 0.625. The highest BCUT2D eigenvalue weighted by Crippen LogP contribution is 2.35. The van der Waals surface area contributed by atoms with Crippen LogP contribution in [0.2, 0.25) is 0 Å². The van der Waals surface area contributed by atoms with Crippen LogP contribution in [0.25, 0.3) is 0 Å². The fourth-order valence-corrected chi connectivity index (χ4v) is 3.01. The summed E-state index contributed by atoms with van der Waals surface area (Å²) in [5, 5.41) is 10.1. The van der Waals surface area contributed by atoms with Crippen LogP contribution in [-0.2, 0) is 0 Å². The van der Waals surface area contributed by atoms with Gasteiger partial charge < -0.3 is 14.7 Å². The second-order valence-electron chi connectivity index (χ2n) is 5.56. The van der Waals surface area contributed by atoms with Gasteiger partial charge in [-0.3, -0.25) is 4.90 Å². The summed E-state index contributed by atoms with van der Waals surface area (Å²) in [5.74, 6) is 0.768. The summed E-state index contributed by atoms with van der Waals surface area (Å²) in [4.78, 5) is 4.79. The summed E-state index contributed by atoms with van der Waals surface area (Å²) in [6, 6.07) is 6.57. The topological polar surface area (TPSA) is 35.9 Å². The second-order valence-corrected chi connectivity index (χ2v) is 5.56. The lowest BCUT2D eigenvalue weighted by Crippen LogP contribution is -2.51. The first-order chi connectivity index (χ1) is 9.58. The minimum absolute atomic E-state index is 0.527. The standard InChI is InChI=1S/C16H26N2O2/c1-5-13-11-18(10-9-17(13)3)14-7-6-8-15(20-4)16(14)12(2)19/h6-8,12-13,19H,5,9-11H2,1-4H3. The van der Waals surface area contributed by atoms with E-state index in [0.29, 0.717) is 6.04 Å². The maximum atomic E-state index is 10.1. The summed E-state index contributed by atoms with van der Waals surface area (Å²) >= 11 is 0. The molecular formula is C16H26N2O2. The molecule has 2 unspecified atom stereocenters. The summed E-state index contributed by atoms with van der Waals surface area (Å²) in [7, 11) is 3.84. The van der Waals surface area contributed by atoms with Gasteiger partial charge in [-0.1, -0.05) is 13.0 Å². The number of likely N-dealkylation sites (N-methyl/N-ethyl adjacent to an activating group) is 1. The van der Waals surface area contributed by atoms with Crippen molar-refractivity contribution in [3.05, 3.63) is 23.8 Å². The molecule has 4 nitrogen and oxygen atoms in total. The number of rotatable bonds is 4. The van der Waals surface area contributed by atoms with Crippen LogP contribution in [-0.4, -0.2) is 49.8 Å². The molecule has 1 aliphatic heterocycles. The van der Waals surface area contributed by atoms with Gasteiger partial charge in [0.2, 0.25) is 0 Å². The molecule has 2 atom stereocenters. The van der Waals surface area contributed by atoms with E-state index in [1.54, 1.807) is 14.0 Å². The monoisotopic (exact) mass is 278 g/mol. The van der Waals surface area contributed by atoms with E-state index >= 15 is 0 Å². The average molecular weight is 278 g/mol. The molecule has 4 heteroatoms. The number of hydrogen-bond acceptors (Lipinski definition) is 4. The Kier molecular flexibility index (Phi) is 4.89. The Hall–Kier alpha value is -1.26. The highest BCUT2D eigenvalue weighted by atomic mass is 16.5. The molecule has 0 saturated carbocycles. The van der Waals surface area contributed by atoms with E-state index in [1.807, 2.05) is 12.1 Å². The smallest absolute Gasteiger partial charge is 0.126 e. The van der Waals surface area contributed by atoms with Crippen molar-refractivity contribution in [1.82, 2.24) is 4.90 Å². The van der Waals surface area contributed by atoms with Crippen molar-refractivity contribution in [2.24, 2.45) is 0 Å². The quantitative estimate of drug-likeness (QED) is 0.916. The van der Waals surface area contributed by atoms with Gasteiger partial charge in [-0.05, 0) is 32.5 Å². The summed E-state index contributed by atoms with van der Waals surface area (Å²) in [5.41, 5.74) is 2.00. The minimum atomic E-state index is -0.527. The van der Waals surface area contributed by atoms with E-state index < -0.39 is 6.10 Å². The predicted molar refractivity (Wildman–Crippen MR) is 82.5 cm³/mol. The molecule has 20 heavy (non-hydrogen) atoms. The average Bonchev–Trinajstić information content (AvgIpc) is 2.46. The number of aliphatic hydroxyl groups excluding tert-OH is 1. The van der Waals surface area contributed by atoms with Crippen LogP contribution in [0.3, 0.4) is 0 Å². The molecule has 1 aromatic rings. The van der Waals surface area contributed by atoms with E-state index in [9.17, 15) is 5.11 Å². The molecule has 1 fully saturated rings. The van der Waals surface area contributed by atoms with Crippen LogP contribution in [0.4, 0.5) is 5.69 Å². The van der Waals surface area contributed by atoms with E-state index in [1.165, 1.54) is 0 Å². The lowest BCUT2D eigenvalue weighted by Gasteiger charge is -2.41. The Bertz CT molecular complexity index is 448. The maximum Gasteiger partial charge on any atom is 0.126 e. The largest absolute Gasteiger partial charge is 0.496 e. The van der Waals surface area contributed by atoms with E-state index in [-0.39, 0.29) is 0 Å². The molecule has 1 N–H and O–H groups in total. The number of nitrogens with zero attached hydrogens (tertiary/aromatic N) is 2. The Labute approximate surface area is 122 Å². The van der Waals surface area contributed by atoms with Crippen molar-refractivity contribution in [3.8, 4) is 5.75 Å². The molecule has 112 valence electrons. The van der Waals surface area contributed by atoms with Gasteiger partial charge in [-0.2, -0.15) is 0 Å². The molecular weight excluding hydrogens is 252 g/mol. The van der Waals surface area contributed by atoms with Crippen LogP contribution >= 0.6 is 0 Å². The minimum Gasteiger partial charge on any atom is -0.496 e. The number of hydrogen-bond donors (Lipinski definition) is 1. The number of aliphatic hydroxyl groups is 1. The van der Waals surface area contributed by atoms with Gasteiger partial charge in [0.15, 0.2) is 0 Å². The van der Waals surface area contributed by atoms with Crippen molar-refractivity contribution >= 4 is 5.69 Å². The van der Waals surface area contributed by atoms with Crippen LogP contribution in [0.1, 0.15) is 31.9 Å². The van der Waals surface area contributed by atoms with Crippen molar-refractivity contribution in [2.45, 2.75) is 32.4 Å². The van der Waals surface area contributed by atoms with Crippen LogP contribution in [0.5, 0.6) is 5.75 Å². The molecule has 1 heterocycles. The molecule has 1 aliphatic rings. The number of ether oxygens (including phenoxy) is 1. The molecule has 0 amide bonds. The van der Waals surface area contributed by atoms with E-state index in [0.717, 1.165) is 43.1 Å². The molecule has 1 saturated heterocycles. The zero-order valence-electron chi connectivity index (χ0n) is 13.0. The molecule has 1 aromatic carbocycles. The van der Waals surface area contributed by atoms with Crippen molar-refractivity contribution in [3.63, 3.8) is 0 Å². The van der Waals surface area contributed by atoms with Gasteiger partial charge in [0.1, 0.15) is 5.75 Å². The first-order valence-corrected chi connectivity index (χ1v) is 7.38. The van der Waals surface area contributed by atoms with Crippen molar-refractivity contribution < 1.29 is 9.84 Å². The molecule has 0 aromatic heterocycles. The summed E-state index contributed by atoms with van der Waals surface area (Å²) in [6.07, 6.45) is 0.613. The summed E-state index contributed by atoms with van der Waals surface area (Å²) in [6.45, 7) is 7.06. The first-order valence-electron chi connectivity index (χ1n) is 7.38. The van der Waals surface area contributed by atoms with Crippen LogP contribution in [0, 0.1) is 0 Å². The molecule has 0 aliphatic carbocycles. The number of benzene rings is 1.